The van der Waals surface area contributed by atoms with Crippen LogP contribution in [0.25, 0.3) is 0 Å². The van der Waals surface area contributed by atoms with Crippen LogP contribution >= 0.6 is 0 Å². The molecule has 4 N–H and O–H groups in total. The van der Waals surface area contributed by atoms with Gasteiger partial charge in [-0.2, -0.15) is 0 Å². The van der Waals surface area contributed by atoms with E-state index in [9.17, 15) is 9.59 Å². The van der Waals surface area contributed by atoms with Crippen LogP contribution in [0.3, 0.4) is 0 Å². The SMILES string of the molecule is CC(C)(C)c1ccc(C(c2ccc(C(C)(C)C)cc2)[C@H]2C[C@@H](NC(=O)Cc3ccc(Cc4ccc(CC(=O)N[C@H]5CN[C@@H](C(c6ccc(C(C)(C)C)cc6)c6ccc(C(C)(C)C)cc6)C5)cc4)cc3)CN2)cc1. The maximum absolute atomic E-state index is 13.5. The van der Waals surface area contributed by atoms with Gasteiger partial charge in [0.15, 0.2) is 0 Å². The maximum Gasteiger partial charge on any atom is 0.224 e. The molecule has 2 amide bonds. The summed E-state index contributed by atoms with van der Waals surface area (Å²) < 4.78 is 0. The Labute approximate surface area is 439 Å². The standard InChI is InChI=1S/C67H84N4O2/c1-64(2,3)52-29-21-48(22-30-52)62(49-23-31-53(32-24-49)65(4,5)6)58-40-56(42-68-58)70-60(72)38-46-17-13-44(14-18-46)37-45-15-19-47(20-16-45)39-61(73)71-57-41-59(69-43-57)63(50-25-33-54(34-26-50)66(7,8)9)51-27-35-55(36-28-51)67(10,11)12/h13-36,56-59,62-63,68-69H,37-43H2,1-12H3,(H,70,72)(H,71,73)/t56-,57-,58-,59-/m1/s1. The zero-order valence-electron chi connectivity index (χ0n) is 46.1. The summed E-state index contributed by atoms with van der Waals surface area (Å²) in [6.45, 7) is 28.6. The Morgan fingerprint density at radius 3 is 0.890 bits per heavy atom. The Hall–Kier alpha value is -5.82. The predicted octanol–water partition coefficient (Wildman–Crippen LogP) is 12.9. The first-order chi connectivity index (χ1) is 34.5. The molecule has 73 heavy (non-hydrogen) atoms. The van der Waals surface area contributed by atoms with Crippen LogP contribution < -0.4 is 21.3 Å². The molecule has 384 valence electrons. The van der Waals surface area contributed by atoms with E-state index in [1.165, 1.54) is 55.6 Å². The topological polar surface area (TPSA) is 82.3 Å². The van der Waals surface area contributed by atoms with E-state index in [2.05, 4.69) is 250 Å². The summed E-state index contributed by atoms with van der Waals surface area (Å²) in [5.74, 6) is 0.452. The minimum Gasteiger partial charge on any atom is -0.352 e. The monoisotopic (exact) mass is 977 g/mol. The Kier molecular flexibility index (Phi) is 16.1. The summed E-state index contributed by atoms with van der Waals surface area (Å²) in [5.41, 5.74) is 15.3. The van der Waals surface area contributed by atoms with Crippen molar-refractivity contribution in [3.8, 4) is 0 Å². The zero-order chi connectivity index (χ0) is 52.3. The van der Waals surface area contributed by atoms with Gasteiger partial charge in [-0.05, 0) is 108 Å². The van der Waals surface area contributed by atoms with Crippen LogP contribution in [0.5, 0.6) is 0 Å². The third-order valence-corrected chi connectivity index (χ3v) is 15.6. The molecule has 4 atom stereocenters. The molecule has 0 spiro atoms. The first-order valence-electron chi connectivity index (χ1n) is 27.1. The molecule has 2 saturated heterocycles. The van der Waals surface area contributed by atoms with Crippen molar-refractivity contribution in [2.24, 2.45) is 0 Å². The van der Waals surface area contributed by atoms with Gasteiger partial charge in [0.05, 0.1) is 12.8 Å². The first-order valence-corrected chi connectivity index (χ1v) is 27.1. The quantitative estimate of drug-likeness (QED) is 0.0876. The highest BCUT2D eigenvalue weighted by Crippen LogP contribution is 2.37. The van der Waals surface area contributed by atoms with E-state index < -0.39 is 0 Å². The number of amides is 2. The third kappa shape index (κ3) is 13.9. The van der Waals surface area contributed by atoms with E-state index in [0.717, 1.165) is 43.5 Å². The van der Waals surface area contributed by atoms with Crippen molar-refractivity contribution in [2.75, 3.05) is 13.1 Å². The number of hydrogen-bond acceptors (Lipinski definition) is 4. The average Bonchev–Trinajstić information content (AvgIpc) is 3.99. The fourth-order valence-electron chi connectivity index (χ4n) is 11.1. The minimum absolute atomic E-state index is 0.0532. The molecule has 6 nitrogen and oxygen atoms in total. The molecule has 0 aliphatic carbocycles. The van der Waals surface area contributed by atoms with Gasteiger partial charge in [0.2, 0.25) is 11.8 Å². The van der Waals surface area contributed by atoms with Gasteiger partial charge in [-0.1, -0.05) is 229 Å². The molecule has 0 unspecified atom stereocenters. The van der Waals surface area contributed by atoms with Crippen LogP contribution in [0.1, 0.15) is 175 Å². The van der Waals surface area contributed by atoms with Crippen LogP contribution in [0.4, 0.5) is 0 Å². The van der Waals surface area contributed by atoms with Gasteiger partial charge >= 0.3 is 0 Å². The molecule has 2 aliphatic heterocycles. The third-order valence-electron chi connectivity index (χ3n) is 15.6. The van der Waals surface area contributed by atoms with Crippen LogP contribution in [0.15, 0.2) is 146 Å². The van der Waals surface area contributed by atoms with Gasteiger partial charge in [0.25, 0.3) is 0 Å². The predicted molar refractivity (Wildman–Crippen MR) is 304 cm³/mol. The van der Waals surface area contributed by atoms with E-state index in [1.807, 2.05) is 0 Å². The molecule has 8 rings (SSSR count). The first kappa shape index (κ1) is 53.5. The molecule has 0 bridgehead atoms. The van der Waals surface area contributed by atoms with Gasteiger partial charge < -0.3 is 21.3 Å². The number of carbonyl (C=O) groups excluding carboxylic acids is 2. The summed E-state index contributed by atoms with van der Waals surface area (Å²) in [7, 11) is 0. The summed E-state index contributed by atoms with van der Waals surface area (Å²) in [5, 5.41) is 14.3. The van der Waals surface area contributed by atoms with Crippen molar-refractivity contribution in [3.05, 3.63) is 212 Å². The largest absolute Gasteiger partial charge is 0.352 e. The lowest BCUT2D eigenvalue weighted by Crippen LogP contribution is -2.37. The summed E-state index contributed by atoms with van der Waals surface area (Å²) in [4.78, 5) is 27.0. The van der Waals surface area contributed by atoms with Gasteiger partial charge in [0, 0.05) is 49.1 Å². The average molecular weight is 977 g/mol. The van der Waals surface area contributed by atoms with Crippen molar-refractivity contribution in [1.82, 2.24) is 21.3 Å². The molecule has 2 fully saturated rings. The Morgan fingerprint density at radius 1 is 0.397 bits per heavy atom. The number of rotatable bonds is 14. The molecule has 6 heteroatoms. The lowest BCUT2D eigenvalue weighted by molar-refractivity contribution is -0.121. The zero-order valence-corrected chi connectivity index (χ0v) is 46.1. The second kappa shape index (κ2) is 21.9. The second-order valence-electron chi connectivity index (χ2n) is 25.6. The smallest absolute Gasteiger partial charge is 0.224 e. The highest BCUT2D eigenvalue weighted by atomic mass is 16.2. The Balaban J connectivity index is 0.818. The Morgan fingerprint density at radius 2 is 0.644 bits per heavy atom. The molecule has 6 aromatic rings. The summed E-state index contributed by atoms with van der Waals surface area (Å²) in [6, 6.07) is 54.0. The van der Waals surface area contributed by atoms with Crippen LogP contribution in [0.2, 0.25) is 0 Å². The molecule has 2 aliphatic rings. The number of benzene rings is 6. The molecule has 6 aromatic carbocycles. The number of hydrogen-bond donors (Lipinski definition) is 4. The van der Waals surface area contributed by atoms with Crippen molar-refractivity contribution < 1.29 is 9.59 Å². The van der Waals surface area contributed by atoms with Gasteiger partial charge in [-0.3, -0.25) is 9.59 Å². The minimum atomic E-state index is 0.0532. The molecular formula is C67H84N4O2. The number of carbonyl (C=O) groups is 2. The van der Waals surface area contributed by atoms with Gasteiger partial charge in [-0.25, -0.2) is 0 Å². The van der Waals surface area contributed by atoms with Crippen molar-refractivity contribution in [2.45, 2.75) is 173 Å². The molecule has 0 aromatic heterocycles. The second-order valence-corrected chi connectivity index (χ2v) is 25.6. The molecule has 2 heterocycles. The van der Waals surface area contributed by atoms with Gasteiger partial charge in [-0.15, -0.1) is 0 Å². The summed E-state index contributed by atoms with van der Waals surface area (Å²) >= 11 is 0. The van der Waals surface area contributed by atoms with E-state index in [0.29, 0.717) is 12.8 Å². The van der Waals surface area contributed by atoms with Crippen molar-refractivity contribution >= 4 is 11.8 Å². The molecule has 0 radical (unpaired) electrons. The Bertz CT molecular complexity index is 2460. The number of nitrogens with one attached hydrogen (secondary N) is 4. The highest BCUT2D eigenvalue weighted by Gasteiger charge is 2.35. The normalized spacial score (nSPS) is 18.6. The van der Waals surface area contributed by atoms with E-state index >= 15 is 0 Å². The van der Waals surface area contributed by atoms with Crippen LogP contribution in [0, 0.1) is 0 Å². The molecular weight excluding hydrogens is 893 g/mol. The van der Waals surface area contributed by atoms with Gasteiger partial charge in [0.1, 0.15) is 0 Å². The summed E-state index contributed by atoms with van der Waals surface area (Å²) in [6.07, 6.45) is 3.20. The lowest BCUT2D eigenvalue weighted by Gasteiger charge is -2.27. The van der Waals surface area contributed by atoms with Crippen molar-refractivity contribution in [3.63, 3.8) is 0 Å². The fraction of sp³-hybridized carbons (Fsp3) is 0.433. The van der Waals surface area contributed by atoms with Crippen LogP contribution in [-0.2, 0) is 50.5 Å². The lowest BCUT2D eigenvalue weighted by atomic mass is 9.80. The molecule has 0 saturated carbocycles. The highest BCUT2D eigenvalue weighted by molar-refractivity contribution is 5.79. The fourth-order valence-corrected chi connectivity index (χ4v) is 11.1. The van der Waals surface area contributed by atoms with Crippen molar-refractivity contribution in [1.29, 1.82) is 0 Å². The van der Waals surface area contributed by atoms with Crippen LogP contribution in [-0.4, -0.2) is 49.1 Å². The van der Waals surface area contributed by atoms with E-state index in [4.69, 9.17) is 0 Å². The van der Waals surface area contributed by atoms with E-state index in [-0.39, 0.29) is 69.5 Å². The van der Waals surface area contributed by atoms with E-state index in [1.54, 1.807) is 0 Å². The maximum atomic E-state index is 13.5.